The lowest BCUT2D eigenvalue weighted by Gasteiger charge is -2.35. The maximum Gasteiger partial charge on any atom is 0.0232 e. The molecule has 4 heteroatoms. The molecule has 0 aromatic rings. The molecule has 0 aromatic carbocycles. The standard InChI is InChI=1S/C12H26N4/c1-15-5-3-10(9-15)12(13)7-11-8-14-4-6-16(11)2/h10-12,14H,3-9,13H2,1-2H3. The van der Waals surface area contributed by atoms with Gasteiger partial charge in [-0.2, -0.15) is 0 Å². The molecule has 0 aromatic heterocycles. The van der Waals surface area contributed by atoms with Gasteiger partial charge in [0.1, 0.15) is 0 Å². The zero-order valence-corrected chi connectivity index (χ0v) is 10.7. The number of nitrogens with one attached hydrogen (secondary N) is 1. The van der Waals surface area contributed by atoms with Gasteiger partial charge in [0.2, 0.25) is 0 Å². The predicted octanol–water partition coefficient (Wildman–Crippen LogP) is -0.441. The molecule has 2 heterocycles. The number of nitrogens with zero attached hydrogens (tertiary/aromatic N) is 2. The topological polar surface area (TPSA) is 44.5 Å². The van der Waals surface area contributed by atoms with E-state index in [1.54, 1.807) is 0 Å². The van der Waals surface area contributed by atoms with Crippen molar-refractivity contribution >= 4 is 0 Å². The fourth-order valence-electron chi connectivity index (χ4n) is 2.95. The van der Waals surface area contributed by atoms with E-state index in [0.717, 1.165) is 26.1 Å². The Morgan fingerprint density at radius 3 is 2.81 bits per heavy atom. The molecule has 0 spiro atoms. The number of hydrogen-bond acceptors (Lipinski definition) is 4. The van der Waals surface area contributed by atoms with Gasteiger partial charge in [-0.05, 0) is 39.4 Å². The van der Waals surface area contributed by atoms with Crippen molar-refractivity contribution in [2.75, 3.05) is 46.8 Å². The van der Waals surface area contributed by atoms with E-state index in [0.29, 0.717) is 18.0 Å². The van der Waals surface area contributed by atoms with E-state index >= 15 is 0 Å². The van der Waals surface area contributed by atoms with Gasteiger partial charge in [-0.3, -0.25) is 0 Å². The van der Waals surface area contributed by atoms with Crippen LogP contribution in [0.1, 0.15) is 12.8 Å². The summed E-state index contributed by atoms with van der Waals surface area (Å²) in [7, 11) is 4.42. The van der Waals surface area contributed by atoms with Gasteiger partial charge in [-0.15, -0.1) is 0 Å². The Morgan fingerprint density at radius 1 is 1.38 bits per heavy atom. The molecule has 2 aliphatic heterocycles. The Hall–Kier alpha value is -0.160. The first-order valence-corrected chi connectivity index (χ1v) is 6.52. The Labute approximate surface area is 99.2 Å². The summed E-state index contributed by atoms with van der Waals surface area (Å²) < 4.78 is 0. The number of hydrogen-bond donors (Lipinski definition) is 2. The maximum absolute atomic E-state index is 6.35. The molecule has 16 heavy (non-hydrogen) atoms. The second-order valence-corrected chi connectivity index (χ2v) is 5.55. The van der Waals surface area contributed by atoms with Crippen molar-refractivity contribution in [2.24, 2.45) is 11.7 Å². The fraction of sp³-hybridized carbons (Fsp3) is 1.00. The number of nitrogens with two attached hydrogens (primary N) is 1. The van der Waals surface area contributed by atoms with Crippen LogP contribution >= 0.6 is 0 Å². The molecule has 3 atom stereocenters. The molecule has 0 radical (unpaired) electrons. The summed E-state index contributed by atoms with van der Waals surface area (Å²) >= 11 is 0. The van der Waals surface area contributed by atoms with Gasteiger partial charge < -0.3 is 20.9 Å². The summed E-state index contributed by atoms with van der Waals surface area (Å²) in [5, 5.41) is 3.46. The van der Waals surface area contributed by atoms with Crippen molar-refractivity contribution in [1.29, 1.82) is 0 Å². The first kappa shape index (κ1) is 12.3. The Bertz CT molecular complexity index is 221. The highest BCUT2D eigenvalue weighted by molar-refractivity contribution is 4.87. The lowest BCUT2D eigenvalue weighted by Crippen LogP contribution is -2.52. The van der Waals surface area contributed by atoms with Crippen molar-refractivity contribution in [3.05, 3.63) is 0 Å². The van der Waals surface area contributed by atoms with Crippen molar-refractivity contribution in [3.63, 3.8) is 0 Å². The average molecular weight is 226 g/mol. The zero-order chi connectivity index (χ0) is 11.5. The summed E-state index contributed by atoms with van der Waals surface area (Å²) in [4.78, 5) is 4.85. The fourth-order valence-corrected chi connectivity index (χ4v) is 2.95. The maximum atomic E-state index is 6.35. The smallest absolute Gasteiger partial charge is 0.0232 e. The van der Waals surface area contributed by atoms with Crippen LogP contribution in [0.2, 0.25) is 0 Å². The number of piperazine rings is 1. The Kier molecular flexibility index (Phi) is 4.19. The first-order valence-electron chi connectivity index (χ1n) is 6.52. The number of likely N-dealkylation sites (N-methyl/N-ethyl adjacent to an activating group) is 1. The van der Waals surface area contributed by atoms with Crippen molar-refractivity contribution in [3.8, 4) is 0 Å². The normalized spacial score (nSPS) is 35.4. The van der Waals surface area contributed by atoms with Crippen LogP contribution in [0.4, 0.5) is 0 Å². The van der Waals surface area contributed by atoms with Gasteiger partial charge >= 0.3 is 0 Å². The van der Waals surface area contributed by atoms with Crippen LogP contribution in [0.25, 0.3) is 0 Å². The van der Waals surface area contributed by atoms with Crippen molar-refractivity contribution in [2.45, 2.75) is 24.9 Å². The monoisotopic (exact) mass is 226 g/mol. The van der Waals surface area contributed by atoms with Crippen LogP contribution in [0.3, 0.4) is 0 Å². The third-order valence-corrected chi connectivity index (χ3v) is 4.22. The van der Waals surface area contributed by atoms with Crippen LogP contribution < -0.4 is 11.1 Å². The Balaban J connectivity index is 1.79. The van der Waals surface area contributed by atoms with Gasteiger partial charge in [0.15, 0.2) is 0 Å². The van der Waals surface area contributed by atoms with Gasteiger partial charge in [0.05, 0.1) is 0 Å². The molecule has 3 N–H and O–H groups in total. The predicted molar refractivity (Wildman–Crippen MR) is 67.5 cm³/mol. The molecule has 0 saturated carbocycles. The molecule has 0 amide bonds. The number of rotatable bonds is 3. The molecule has 2 rings (SSSR count). The molecular formula is C12H26N4. The molecule has 2 fully saturated rings. The second kappa shape index (κ2) is 5.45. The summed E-state index contributed by atoms with van der Waals surface area (Å²) in [5.74, 6) is 0.709. The van der Waals surface area contributed by atoms with E-state index in [4.69, 9.17) is 5.73 Å². The second-order valence-electron chi connectivity index (χ2n) is 5.55. The molecule has 2 aliphatic rings. The highest BCUT2D eigenvalue weighted by Gasteiger charge is 2.29. The van der Waals surface area contributed by atoms with E-state index in [9.17, 15) is 0 Å². The largest absolute Gasteiger partial charge is 0.327 e. The van der Waals surface area contributed by atoms with E-state index in [2.05, 4.69) is 29.2 Å². The number of likely N-dealkylation sites (tertiary alicyclic amines) is 1. The summed E-state index contributed by atoms with van der Waals surface area (Å²) in [5.41, 5.74) is 6.35. The quantitative estimate of drug-likeness (QED) is 0.685. The minimum atomic E-state index is 0.372. The summed E-state index contributed by atoms with van der Waals surface area (Å²) in [6.45, 7) is 5.78. The molecule has 2 saturated heterocycles. The van der Waals surface area contributed by atoms with Crippen molar-refractivity contribution in [1.82, 2.24) is 15.1 Å². The Morgan fingerprint density at radius 2 is 2.19 bits per heavy atom. The van der Waals surface area contributed by atoms with Crippen LogP contribution in [-0.4, -0.2) is 68.7 Å². The van der Waals surface area contributed by atoms with E-state index in [1.165, 1.54) is 19.5 Å². The lowest BCUT2D eigenvalue weighted by atomic mass is 9.92. The van der Waals surface area contributed by atoms with Gasteiger partial charge in [0, 0.05) is 38.3 Å². The third-order valence-electron chi connectivity index (χ3n) is 4.22. The highest BCUT2D eigenvalue weighted by Crippen LogP contribution is 2.21. The molecule has 3 unspecified atom stereocenters. The molecular weight excluding hydrogens is 200 g/mol. The average Bonchev–Trinajstić information content (AvgIpc) is 2.68. The summed E-state index contributed by atoms with van der Waals surface area (Å²) in [6.07, 6.45) is 2.42. The highest BCUT2D eigenvalue weighted by atomic mass is 15.2. The van der Waals surface area contributed by atoms with Crippen LogP contribution in [-0.2, 0) is 0 Å². The lowest BCUT2D eigenvalue weighted by molar-refractivity contribution is 0.172. The van der Waals surface area contributed by atoms with Crippen LogP contribution in [0, 0.1) is 5.92 Å². The van der Waals surface area contributed by atoms with Gasteiger partial charge in [-0.25, -0.2) is 0 Å². The first-order chi connectivity index (χ1) is 7.66. The van der Waals surface area contributed by atoms with Gasteiger partial charge in [0.25, 0.3) is 0 Å². The molecule has 94 valence electrons. The van der Waals surface area contributed by atoms with Crippen LogP contribution in [0.15, 0.2) is 0 Å². The molecule has 0 aliphatic carbocycles. The minimum Gasteiger partial charge on any atom is -0.327 e. The van der Waals surface area contributed by atoms with Crippen molar-refractivity contribution < 1.29 is 0 Å². The van der Waals surface area contributed by atoms with Crippen LogP contribution in [0.5, 0.6) is 0 Å². The van der Waals surface area contributed by atoms with Gasteiger partial charge in [-0.1, -0.05) is 0 Å². The third kappa shape index (κ3) is 2.94. The van der Waals surface area contributed by atoms with E-state index in [1.807, 2.05) is 0 Å². The summed E-state index contributed by atoms with van der Waals surface area (Å²) in [6, 6.07) is 1.01. The molecule has 4 nitrogen and oxygen atoms in total. The van der Waals surface area contributed by atoms with E-state index in [-0.39, 0.29) is 0 Å². The SMILES string of the molecule is CN1CCC(C(N)CC2CNCCN2C)C1. The minimum absolute atomic E-state index is 0.372. The van der Waals surface area contributed by atoms with E-state index < -0.39 is 0 Å². The molecule has 0 bridgehead atoms. The zero-order valence-electron chi connectivity index (χ0n) is 10.7.